The van der Waals surface area contributed by atoms with Crippen molar-refractivity contribution in [3.8, 4) is 5.75 Å². The van der Waals surface area contributed by atoms with Crippen LogP contribution in [0.2, 0.25) is 0 Å². The van der Waals surface area contributed by atoms with Gasteiger partial charge in [0.25, 0.3) is 15.9 Å². The maximum absolute atomic E-state index is 13.3. The number of nitrogens with one attached hydrogen (secondary N) is 1. The molecule has 0 spiro atoms. The number of ether oxygens (including phenoxy) is 1. The number of hydrogen-bond donors (Lipinski definition) is 1. The highest BCUT2D eigenvalue weighted by Crippen LogP contribution is 2.37. The van der Waals surface area contributed by atoms with E-state index in [4.69, 9.17) is 4.74 Å². The molecule has 0 fully saturated rings. The van der Waals surface area contributed by atoms with E-state index in [-0.39, 0.29) is 23.5 Å². The first kappa shape index (κ1) is 16.9. The number of carbonyl (C=O) groups excluding carboxylic acids is 1. The largest absolute Gasteiger partial charge is 0.486 e. The Hall–Kier alpha value is -2.54. The monoisotopic (exact) mass is 372 g/mol. The SMILES string of the molecule is CC[C@H]1CN(S(=O)(=O)c2ccc3c(c2)C(=O)NCC3)c2ccccc2O1. The van der Waals surface area contributed by atoms with Crippen molar-refractivity contribution >= 4 is 21.6 Å². The summed E-state index contributed by atoms with van der Waals surface area (Å²) in [6.45, 7) is 2.79. The second-order valence-electron chi connectivity index (χ2n) is 6.48. The molecule has 136 valence electrons. The molecule has 0 bridgehead atoms. The third kappa shape index (κ3) is 2.72. The third-order valence-electron chi connectivity index (χ3n) is 4.85. The van der Waals surface area contributed by atoms with Crippen LogP contribution in [0.25, 0.3) is 0 Å². The lowest BCUT2D eigenvalue weighted by molar-refractivity contribution is 0.0945. The molecule has 0 saturated carbocycles. The number of fused-ring (bicyclic) bond motifs is 2. The van der Waals surface area contributed by atoms with Gasteiger partial charge >= 0.3 is 0 Å². The predicted molar refractivity (Wildman–Crippen MR) is 98.2 cm³/mol. The fourth-order valence-electron chi connectivity index (χ4n) is 3.38. The van der Waals surface area contributed by atoms with Crippen LogP contribution in [0, 0.1) is 0 Å². The molecule has 2 aliphatic rings. The number of para-hydroxylation sites is 2. The highest BCUT2D eigenvalue weighted by atomic mass is 32.2. The molecule has 2 aromatic rings. The molecule has 1 atom stereocenters. The molecule has 2 aromatic carbocycles. The number of rotatable bonds is 3. The molecule has 1 amide bonds. The molecule has 0 unspecified atom stereocenters. The zero-order chi connectivity index (χ0) is 18.3. The average molecular weight is 372 g/mol. The Morgan fingerprint density at radius 3 is 2.85 bits per heavy atom. The predicted octanol–water partition coefficient (Wildman–Crippen LogP) is 2.34. The Morgan fingerprint density at radius 1 is 1.23 bits per heavy atom. The number of hydrogen-bond acceptors (Lipinski definition) is 4. The fraction of sp³-hybridized carbons (Fsp3) is 0.316. The average Bonchev–Trinajstić information content (AvgIpc) is 2.67. The first-order valence-corrected chi connectivity index (χ1v) is 10.1. The van der Waals surface area contributed by atoms with Crippen molar-refractivity contribution in [1.82, 2.24) is 5.32 Å². The lowest BCUT2D eigenvalue weighted by atomic mass is 10.0. The molecule has 0 radical (unpaired) electrons. The number of amides is 1. The number of nitrogens with zero attached hydrogens (tertiary/aromatic N) is 1. The van der Waals surface area contributed by atoms with Gasteiger partial charge in [-0.3, -0.25) is 9.10 Å². The molecular formula is C19H20N2O4S. The van der Waals surface area contributed by atoms with E-state index in [0.29, 0.717) is 36.4 Å². The molecule has 2 heterocycles. The van der Waals surface area contributed by atoms with Gasteiger partial charge in [-0.05, 0) is 42.7 Å². The van der Waals surface area contributed by atoms with Gasteiger partial charge in [-0.2, -0.15) is 0 Å². The van der Waals surface area contributed by atoms with Gasteiger partial charge in [0, 0.05) is 12.1 Å². The van der Waals surface area contributed by atoms with Crippen LogP contribution >= 0.6 is 0 Å². The Bertz CT molecular complexity index is 971. The van der Waals surface area contributed by atoms with Crippen LogP contribution in [-0.2, 0) is 16.4 Å². The molecular weight excluding hydrogens is 352 g/mol. The molecule has 1 N–H and O–H groups in total. The van der Waals surface area contributed by atoms with E-state index in [1.54, 1.807) is 30.3 Å². The smallest absolute Gasteiger partial charge is 0.264 e. The summed E-state index contributed by atoms with van der Waals surface area (Å²) in [5.74, 6) is 0.335. The van der Waals surface area contributed by atoms with Crippen LogP contribution in [0.15, 0.2) is 47.4 Å². The summed E-state index contributed by atoms with van der Waals surface area (Å²) in [7, 11) is -3.80. The zero-order valence-electron chi connectivity index (χ0n) is 14.4. The number of anilines is 1. The molecule has 26 heavy (non-hydrogen) atoms. The standard InChI is InChI=1S/C19H20N2O4S/c1-2-14-12-21(17-5-3-4-6-18(17)25-14)26(23,24)15-8-7-13-9-10-20-19(22)16(13)11-15/h3-8,11,14H,2,9-10,12H2,1H3,(H,20,22)/t14-/m0/s1. The van der Waals surface area contributed by atoms with Gasteiger partial charge in [0.1, 0.15) is 11.9 Å². The Labute approximate surface area is 152 Å². The van der Waals surface area contributed by atoms with Gasteiger partial charge in [0.15, 0.2) is 0 Å². The first-order valence-electron chi connectivity index (χ1n) is 8.70. The van der Waals surface area contributed by atoms with E-state index < -0.39 is 10.0 Å². The molecule has 0 aliphatic carbocycles. The van der Waals surface area contributed by atoms with Gasteiger partial charge < -0.3 is 10.1 Å². The maximum Gasteiger partial charge on any atom is 0.264 e. The molecule has 2 aliphatic heterocycles. The topological polar surface area (TPSA) is 75.7 Å². The molecule has 7 heteroatoms. The maximum atomic E-state index is 13.3. The summed E-state index contributed by atoms with van der Waals surface area (Å²) in [6, 6.07) is 11.9. The normalized spacial score (nSPS) is 19.2. The van der Waals surface area contributed by atoms with Gasteiger partial charge in [0.2, 0.25) is 0 Å². The van der Waals surface area contributed by atoms with Gasteiger partial charge in [-0.15, -0.1) is 0 Å². The van der Waals surface area contributed by atoms with Crippen LogP contribution in [0.3, 0.4) is 0 Å². The minimum atomic E-state index is -3.80. The van der Waals surface area contributed by atoms with Gasteiger partial charge in [0.05, 0.1) is 17.1 Å². The Balaban J connectivity index is 1.80. The molecule has 0 aromatic heterocycles. The van der Waals surface area contributed by atoms with Crippen molar-refractivity contribution in [1.29, 1.82) is 0 Å². The van der Waals surface area contributed by atoms with E-state index in [9.17, 15) is 13.2 Å². The highest BCUT2D eigenvalue weighted by molar-refractivity contribution is 7.92. The zero-order valence-corrected chi connectivity index (χ0v) is 15.3. The van der Waals surface area contributed by atoms with Gasteiger partial charge in [-0.1, -0.05) is 25.1 Å². The van der Waals surface area contributed by atoms with E-state index >= 15 is 0 Å². The highest BCUT2D eigenvalue weighted by Gasteiger charge is 2.34. The van der Waals surface area contributed by atoms with Gasteiger partial charge in [-0.25, -0.2) is 8.42 Å². The van der Waals surface area contributed by atoms with Crippen LogP contribution in [-0.4, -0.2) is 33.5 Å². The van der Waals surface area contributed by atoms with Crippen LogP contribution in [0.1, 0.15) is 29.3 Å². The number of sulfonamides is 1. The summed E-state index contributed by atoms with van der Waals surface area (Å²) in [6.07, 6.45) is 1.20. The van der Waals surface area contributed by atoms with E-state index in [1.165, 1.54) is 10.4 Å². The summed E-state index contributed by atoms with van der Waals surface area (Å²) in [5, 5.41) is 2.76. The first-order chi connectivity index (χ1) is 12.5. The lowest BCUT2D eigenvalue weighted by Crippen LogP contribution is -2.43. The van der Waals surface area contributed by atoms with E-state index in [1.807, 2.05) is 13.0 Å². The summed E-state index contributed by atoms with van der Waals surface area (Å²) in [5.41, 5.74) is 1.84. The van der Waals surface area contributed by atoms with E-state index in [0.717, 1.165) is 5.56 Å². The van der Waals surface area contributed by atoms with E-state index in [2.05, 4.69) is 5.32 Å². The second-order valence-corrected chi connectivity index (χ2v) is 8.34. The third-order valence-corrected chi connectivity index (χ3v) is 6.62. The Morgan fingerprint density at radius 2 is 2.04 bits per heavy atom. The minimum Gasteiger partial charge on any atom is -0.486 e. The number of carbonyl (C=O) groups is 1. The summed E-state index contributed by atoms with van der Waals surface area (Å²) < 4.78 is 34.0. The van der Waals surface area contributed by atoms with Crippen molar-refractivity contribution in [2.45, 2.75) is 30.8 Å². The van der Waals surface area contributed by atoms with Crippen LogP contribution in [0.5, 0.6) is 5.75 Å². The summed E-state index contributed by atoms with van der Waals surface area (Å²) >= 11 is 0. The lowest BCUT2D eigenvalue weighted by Gasteiger charge is -2.35. The quantitative estimate of drug-likeness (QED) is 0.897. The number of benzene rings is 2. The van der Waals surface area contributed by atoms with Crippen molar-refractivity contribution in [2.24, 2.45) is 0 Å². The van der Waals surface area contributed by atoms with Crippen molar-refractivity contribution in [3.05, 3.63) is 53.6 Å². The van der Waals surface area contributed by atoms with Crippen molar-refractivity contribution < 1.29 is 17.9 Å². The van der Waals surface area contributed by atoms with Crippen LogP contribution < -0.4 is 14.4 Å². The van der Waals surface area contributed by atoms with Crippen LogP contribution in [0.4, 0.5) is 5.69 Å². The fourth-order valence-corrected chi connectivity index (χ4v) is 4.92. The second kappa shape index (κ2) is 6.32. The summed E-state index contributed by atoms with van der Waals surface area (Å²) in [4.78, 5) is 12.2. The minimum absolute atomic E-state index is 0.125. The molecule has 4 rings (SSSR count). The molecule has 6 nitrogen and oxygen atoms in total. The molecule has 0 saturated heterocycles. The van der Waals surface area contributed by atoms with Crippen molar-refractivity contribution in [3.63, 3.8) is 0 Å². The Kier molecular flexibility index (Phi) is 4.11. The van der Waals surface area contributed by atoms with Crippen molar-refractivity contribution in [2.75, 3.05) is 17.4 Å².